The van der Waals surface area contributed by atoms with Crippen molar-refractivity contribution in [3.05, 3.63) is 51.2 Å². The number of nitrogens with one attached hydrogen (secondary N) is 1. The second-order valence-electron chi connectivity index (χ2n) is 3.88. The van der Waals surface area contributed by atoms with Gasteiger partial charge in [0.1, 0.15) is 11.6 Å². The molecule has 0 aliphatic rings. The number of halogens is 3. The van der Waals surface area contributed by atoms with E-state index in [1.807, 2.05) is 17.8 Å². The lowest BCUT2D eigenvalue weighted by Gasteiger charge is -2.18. The summed E-state index contributed by atoms with van der Waals surface area (Å²) in [6.07, 6.45) is 3.50. The molecule has 1 N–H and O–H groups in total. The van der Waals surface area contributed by atoms with Gasteiger partial charge in [0.05, 0.1) is 11.1 Å². The Morgan fingerprint density at radius 1 is 1.50 bits per heavy atom. The van der Waals surface area contributed by atoms with E-state index in [0.29, 0.717) is 10.0 Å². The van der Waals surface area contributed by atoms with Crippen molar-refractivity contribution in [3.8, 4) is 0 Å². The van der Waals surface area contributed by atoms with Crippen LogP contribution in [0, 0.1) is 5.82 Å². The van der Waals surface area contributed by atoms with E-state index in [1.165, 1.54) is 0 Å². The van der Waals surface area contributed by atoms with Crippen molar-refractivity contribution in [1.29, 1.82) is 0 Å². The first kappa shape index (κ1) is 13.5. The third-order valence-electron chi connectivity index (χ3n) is 2.78. The first-order valence-corrected chi connectivity index (χ1v) is 6.51. The summed E-state index contributed by atoms with van der Waals surface area (Å²) < 4.78 is 16.6. The zero-order valence-electron chi connectivity index (χ0n) is 9.92. The maximum Gasteiger partial charge on any atom is 0.148 e. The summed E-state index contributed by atoms with van der Waals surface area (Å²) in [7, 11) is 3.62. The highest BCUT2D eigenvalue weighted by atomic mass is 79.9. The van der Waals surface area contributed by atoms with Gasteiger partial charge in [0.2, 0.25) is 0 Å². The molecular weight excluding hydrogens is 321 g/mol. The van der Waals surface area contributed by atoms with Crippen molar-refractivity contribution < 1.29 is 4.39 Å². The van der Waals surface area contributed by atoms with Crippen LogP contribution >= 0.6 is 27.5 Å². The van der Waals surface area contributed by atoms with Gasteiger partial charge in [0.15, 0.2) is 0 Å². The van der Waals surface area contributed by atoms with Crippen LogP contribution < -0.4 is 5.32 Å². The third kappa shape index (κ3) is 2.30. The van der Waals surface area contributed by atoms with E-state index in [2.05, 4.69) is 26.2 Å². The van der Waals surface area contributed by atoms with Crippen LogP contribution in [0.3, 0.4) is 0 Å². The Bertz CT molecular complexity index is 570. The van der Waals surface area contributed by atoms with Gasteiger partial charge in [-0.2, -0.15) is 0 Å². The van der Waals surface area contributed by atoms with Gasteiger partial charge < -0.3 is 9.88 Å². The van der Waals surface area contributed by atoms with E-state index < -0.39 is 5.82 Å². The molecule has 0 bridgehead atoms. The van der Waals surface area contributed by atoms with Gasteiger partial charge in [-0.25, -0.2) is 9.37 Å². The lowest BCUT2D eigenvalue weighted by atomic mass is 10.1. The number of hydrogen-bond donors (Lipinski definition) is 1. The molecule has 1 aromatic carbocycles. The Balaban J connectivity index is 2.53. The fourth-order valence-electron chi connectivity index (χ4n) is 1.84. The van der Waals surface area contributed by atoms with E-state index in [-0.39, 0.29) is 11.1 Å². The summed E-state index contributed by atoms with van der Waals surface area (Å²) in [6, 6.07) is 3.09. The van der Waals surface area contributed by atoms with E-state index in [0.717, 1.165) is 5.82 Å². The Labute approximate surface area is 118 Å². The predicted molar refractivity (Wildman–Crippen MR) is 73.2 cm³/mol. The van der Waals surface area contributed by atoms with Crippen molar-refractivity contribution in [3.63, 3.8) is 0 Å². The van der Waals surface area contributed by atoms with E-state index in [1.54, 1.807) is 25.4 Å². The molecular formula is C12H12BrClFN3. The summed E-state index contributed by atoms with van der Waals surface area (Å²) in [5, 5.41) is 3.14. The van der Waals surface area contributed by atoms with E-state index in [9.17, 15) is 4.39 Å². The van der Waals surface area contributed by atoms with Crippen molar-refractivity contribution in [1.82, 2.24) is 14.9 Å². The van der Waals surface area contributed by atoms with E-state index >= 15 is 0 Å². The molecule has 0 fully saturated rings. The molecule has 1 unspecified atom stereocenters. The zero-order chi connectivity index (χ0) is 13.3. The molecule has 0 spiro atoms. The largest absolute Gasteiger partial charge is 0.336 e. The van der Waals surface area contributed by atoms with Gasteiger partial charge in [-0.3, -0.25) is 0 Å². The minimum atomic E-state index is -0.437. The van der Waals surface area contributed by atoms with Crippen LogP contribution in [0.15, 0.2) is 29.0 Å². The highest BCUT2D eigenvalue weighted by Gasteiger charge is 2.22. The first-order valence-electron chi connectivity index (χ1n) is 5.34. The van der Waals surface area contributed by atoms with Crippen molar-refractivity contribution in [2.45, 2.75) is 6.04 Å². The number of rotatable bonds is 3. The number of aryl methyl sites for hydroxylation is 1. The molecule has 1 aromatic heterocycles. The van der Waals surface area contributed by atoms with Crippen LogP contribution in [0.2, 0.25) is 5.02 Å². The SMILES string of the molecule is CNC(c1ccc(Br)c(Cl)c1F)c1nccn1C. The molecule has 0 saturated carbocycles. The molecule has 1 atom stereocenters. The zero-order valence-corrected chi connectivity index (χ0v) is 12.3. The number of benzene rings is 1. The normalized spacial score (nSPS) is 12.7. The summed E-state index contributed by atoms with van der Waals surface area (Å²) in [5.74, 6) is 0.295. The Morgan fingerprint density at radius 2 is 2.22 bits per heavy atom. The van der Waals surface area contributed by atoms with Gasteiger partial charge >= 0.3 is 0 Å². The van der Waals surface area contributed by atoms with Crippen LogP contribution in [-0.2, 0) is 7.05 Å². The molecule has 0 radical (unpaired) electrons. The van der Waals surface area contributed by atoms with Crippen LogP contribution in [0.25, 0.3) is 0 Å². The lowest BCUT2D eigenvalue weighted by Crippen LogP contribution is -2.22. The third-order valence-corrected chi connectivity index (χ3v) is 4.04. The van der Waals surface area contributed by atoms with Crippen LogP contribution in [-0.4, -0.2) is 16.6 Å². The fourth-order valence-corrected chi connectivity index (χ4v) is 2.32. The number of imidazole rings is 1. The number of hydrogen-bond acceptors (Lipinski definition) is 2. The minimum absolute atomic E-state index is 0.0851. The first-order chi connectivity index (χ1) is 8.56. The molecule has 96 valence electrons. The summed E-state index contributed by atoms with van der Waals surface area (Å²) in [5.41, 5.74) is 0.472. The van der Waals surface area contributed by atoms with Gasteiger partial charge in [-0.15, -0.1) is 0 Å². The molecule has 1 heterocycles. The topological polar surface area (TPSA) is 29.9 Å². The van der Waals surface area contributed by atoms with Crippen molar-refractivity contribution in [2.24, 2.45) is 7.05 Å². The smallest absolute Gasteiger partial charge is 0.148 e. The predicted octanol–water partition coefficient (Wildman–Crippen LogP) is 3.28. The highest BCUT2D eigenvalue weighted by Crippen LogP contribution is 2.32. The second kappa shape index (κ2) is 5.38. The standard InChI is InChI=1S/C12H12BrClFN3/c1-16-11(12-17-5-6-18(12)2)7-3-4-8(13)9(14)10(7)15/h3-6,11,16H,1-2H3. The van der Waals surface area contributed by atoms with Crippen LogP contribution in [0.5, 0.6) is 0 Å². The summed E-state index contributed by atoms with van der Waals surface area (Å²) in [4.78, 5) is 4.24. The van der Waals surface area contributed by atoms with Crippen LogP contribution in [0.4, 0.5) is 4.39 Å². The maximum atomic E-state index is 14.2. The summed E-state index contributed by atoms with van der Waals surface area (Å²) >= 11 is 9.11. The van der Waals surface area contributed by atoms with Crippen molar-refractivity contribution >= 4 is 27.5 Å². The molecule has 3 nitrogen and oxygen atoms in total. The van der Waals surface area contributed by atoms with Gasteiger partial charge in [-0.05, 0) is 29.0 Å². The molecule has 0 saturated heterocycles. The number of aromatic nitrogens is 2. The van der Waals surface area contributed by atoms with Gasteiger partial charge in [0.25, 0.3) is 0 Å². The molecule has 6 heteroatoms. The Hall–Kier alpha value is -0.910. The van der Waals surface area contributed by atoms with E-state index in [4.69, 9.17) is 11.6 Å². The average Bonchev–Trinajstić information content (AvgIpc) is 2.77. The Morgan fingerprint density at radius 3 is 2.78 bits per heavy atom. The quantitative estimate of drug-likeness (QED) is 0.874. The second-order valence-corrected chi connectivity index (χ2v) is 5.11. The Kier molecular flexibility index (Phi) is 4.04. The summed E-state index contributed by atoms with van der Waals surface area (Å²) in [6.45, 7) is 0. The van der Waals surface area contributed by atoms with Gasteiger partial charge in [0, 0.05) is 29.5 Å². The molecule has 18 heavy (non-hydrogen) atoms. The molecule has 0 aliphatic heterocycles. The average molecular weight is 333 g/mol. The molecule has 2 aromatic rings. The van der Waals surface area contributed by atoms with Crippen molar-refractivity contribution in [2.75, 3.05) is 7.05 Å². The van der Waals surface area contributed by atoms with Crippen LogP contribution in [0.1, 0.15) is 17.4 Å². The number of nitrogens with zero attached hydrogens (tertiary/aromatic N) is 2. The highest BCUT2D eigenvalue weighted by molar-refractivity contribution is 9.10. The molecule has 0 amide bonds. The lowest BCUT2D eigenvalue weighted by molar-refractivity contribution is 0.552. The minimum Gasteiger partial charge on any atom is -0.336 e. The van der Waals surface area contributed by atoms with Gasteiger partial charge in [-0.1, -0.05) is 17.7 Å². The molecule has 2 rings (SSSR count). The molecule has 0 aliphatic carbocycles. The maximum absolute atomic E-state index is 14.2. The monoisotopic (exact) mass is 331 g/mol. The fraction of sp³-hybridized carbons (Fsp3) is 0.250.